The maximum Gasteiger partial charge on any atom is 0.471 e. The zero-order chi connectivity index (χ0) is 34.1. The van der Waals surface area contributed by atoms with E-state index in [1.54, 1.807) is 13.0 Å². The van der Waals surface area contributed by atoms with Crippen LogP contribution < -0.4 is 4.90 Å². The molecule has 0 unspecified atom stereocenters. The van der Waals surface area contributed by atoms with Gasteiger partial charge in [-0.2, -0.15) is 13.2 Å². The van der Waals surface area contributed by atoms with Crippen molar-refractivity contribution in [3.63, 3.8) is 0 Å². The van der Waals surface area contributed by atoms with Gasteiger partial charge in [-0.3, -0.25) is 19.2 Å². The number of carboxylic acid groups (broad SMARTS) is 1. The van der Waals surface area contributed by atoms with Gasteiger partial charge in [0.2, 0.25) is 5.91 Å². The maximum atomic E-state index is 15.8. The molecular weight excluding hydrogens is 647 g/mol. The quantitative estimate of drug-likeness (QED) is 0.267. The number of benzene rings is 2. The number of hydrogen-bond donors (Lipinski definition) is 1. The smallest absolute Gasteiger partial charge is 0.471 e. The van der Waals surface area contributed by atoms with E-state index in [2.05, 4.69) is 4.98 Å². The molecule has 2 aliphatic heterocycles. The van der Waals surface area contributed by atoms with Gasteiger partial charge in [0.05, 0.1) is 11.4 Å². The Morgan fingerprint density at radius 1 is 1.02 bits per heavy atom. The van der Waals surface area contributed by atoms with Crippen molar-refractivity contribution < 1.29 is 46.2 Å². The molecule has 2 aromatic carbocycles. The second-order valence-electron chi connectivity index (χ2n) is 11.2. The fourth-order valence-electron chi connectivity index (χ4n) is 5.75. The zero-order valence-electron chi connectivity index (χ0n) is 25.0. The number of para-hydroxylation sites is 1. The number of carbonyl (C=O) groups excluding carboxylic acids is 3. The molecule has 0 radical (unpaired) electrons. The van der Waals surface area contributed by atoms with Crippen LogP contribution in [0.5, 0.6) is 0 Å². The minimum atomic E-state index is -5.29. The Balaban J connectivity index is 1.39. The van der Waals surface area contributed by atoms with Gasteiger partial charge in [-0.25, -0.2) is 13.8 Å². The van der Waals surface area contributed by atoms with E-state index < -0.39 is 60.4 Å². The number of fused-ring (bicyclic) bond motifs is 1. The molecule has 1 fully saturated rings. The number of allylic oxidation sites excluding steroid dienone is 1. The maximum absolute atomic E-state index is 15.8. The summed E-state index contributed by atoms with van der Waals surface area (Å²) < 4.78 is 70.9. The Bertz CT molecular complexity index is 1720. The minimum Gasteiger partial charge on any atom is -0.480 e. The number of aromatic nitrogens is 1. The third kappa shape index (κ3) is 7.19. The van der Waals surface area contributed by atoms with Crippen molar-refractivity contribution in [2.45, 2.75) is 44.3 Å². The summed E-state index contributed by atoms with van der Waals surface area (Å²) in [5.74, 6) is -8.81. The Morgan fingerprint density at radius 2 is 1.66 bits per heavy atom. The number of carbonyl (C=O) groups is 4. The summed E-state index contributed by atoms with van der Waals surface area (Å²) in [6.07, 6.45) is -5.66. The van der Waals surface area contributed by atoms with Crippen LogP contribution in [0.4, 0.5) is 27.6 Å². The van der Waals surface area contributed by atoms with Crippen molar-refractivity contribution in [1.29, 1.82) is 0 Å². The van der Waals surface area contributed by atoms with E-state index in [9.17, 15) is 32.3 Å². The molecule has 15 heteroatoms. The van der Waals surface area contributed by atoms with E-state index in [1.807, 2.05) is 30.3 Å². The van der Waals surface area contributed by atoms with Gasteiger partial charge in [0, 0.05) is 54.9 Å². The molecule has 0 bridgehead atoms. The van der Waals surface area contributed by atoms with Crippen molar-refractivity contribution >= 4 is 46.3 Å². The van der Waals surface area contributed by atoms with E-state index >= 15 is 8.78 Å². The second kappa shape index (κ2) is 13.2. The molecule has 0 aliphatic carbocycles. The summed E-state index contributed by atoms with van der Waals surface area (Å²) in [5.41, 5.74) is 0.787. The SMILES string of the molecule is Cc1nc(-c2ccccc2)sc1C(=O)N1CCC(F)(F)C(=CC(=O)N2CCC(N(CC(=O)O)C(=O)C(F)(F)F)CC2)c2ccccc21. The number of alkyl halides is 5. The molecular formula is C32H29F5N4O5S. The first-order valence-electron chi connectivity index (χ1n) is 14.6. The number of nitrogens with zero attached hydrogens (tertiary/aromatic N) is 4. The highest BCUT2D eigenvalue weighted by Crippen LogP contribution is 2.44. The van der Waals surface area contributed by atoms with E-state index in [0.717, 1.165) is 23.0 Å². The highest BCUT2D eigenvalue weighted by Gasteiger charge is 2.46. The molecule has 1 N–H and O–H groups in total. The van der Waals surface area contributed by atoms with E-state index in [-0.39, 0.29) is 53.5 Å². The minimum absolute atomic E-state index is 0.0274. The summed E-state index contributed by atoms with van der Waals surface area (Å²) in [4.78, 5) is 57.7. The third-order valence-electron chi connectivity index (χ3n) is 8.08. The number of aliphatic carboxylic acids is 1. The van der Waals surface area contributed by atoms with E-state index in [4.69, 9.17) is 5.11 Å². The standard InChI is InChI=1S/C32H29F5N4O5S/c1-19-27(47-28(38-19)20-7-3-2-4-8-20)29(45)40-16-13-31(33,34)23(22-9-5-6-10-24(22)40)17-25(42)39-14-11-21(12-15-39)41(18-26(43)44)30(46)32(35,36)37/h2-10,17,21H,11-16,18H2,1H3,(H,43,44). The highest BCUT2D eigenvalue weighted by atomic mass is 32.1. The third-order valence-corrected chi connectivity index (χ3v) is 9.27. The number of halogens is 5. The van der Waals surface area contributed by atoms with Gasteiger partial charge in [0.15, 0.2) is 0 Å². The van der Waals surface area contributed by atoms with Gasteiger partial charge >= 0.3 is 18.1 Å². The molecule has 248 valence electrons. The number of amides is 3. The van der Waals surface area contributed by atoms with Crippen LogP contribution in [0.3, 0.4) is 0 Å². The molecule has 3 aromatic rings. The Hall–Kier alpha value is -4.66. The Labute approximate surface area is 269 Å². The van der Waals surface area contributed by atoms with Crippen molar-refractivity contribution in [1.82, 2.24) is 14.8 Å². The lowest BCUT2D eigenvalue weighted by Gasteiger charge is -2.37. The van der Waals surface area contributed by atoms with Crippen molar-refractivity contribution in [2.75, 3.05) is 31.1 Å². The van der Waals surface area contributed by atoms with Crippen molar-refractivity contribution in [3.8, 4) is 10.6 Å². The van der Waals surface area contributed by atoms with Crippen molar-refractivity contribution in [2.24, 2.45) is 0 Å². The molecule has 47 heavy (non-hydrogen) atoms. The van der Waals surface area contributed by atoms with Crippen LogP contribution in [0.25, 0.3) is 16.1 Å². The van der Waals surface area contributed by atoms with Gasteiger partial charge in [0.1, 0.15) is 16.4 Å². The monoisotopic (exact) mass is 676 g/mol. The summed E-state index contributed by atoms with van der Waals surface area (Å²) >= 11 is 1.15. The molecule has 1 saturated heterocycles. The van der Waals surface area contributed by atoms with E-state index in [0.29, 0.717) is 10.7 Å². The summed E-state index contributed by atoms with van der Waals surface area (Å²) in [6.45, 7) is -0.249. The normalized spacial score (nSPS) is 17.6. The lowest BCUT2D eigenvalue weighted by atomic mass is 9.96. The molecule has 0 saturated carbocycles. The molecule has 3 amide bonds. The predicted octanol–water partition coefficient (Wildman–Crippen LogP) is 5.65. The number of likely N-dealkylation sites (tertiary alicyclic amines) is 1. The van der Waals surface area contributed by atoms with Crippen LogP contribution in [0.15, 0.2) is 60.7 Å². The number of thiazole rings is 1. The summed E-state index contributed by atoms with van der Waals surface area (Å²) in [6, 6.07) is 14.1. The highest BCUT2D eigenvalue weighted by molar-refractivity contribution is 7.17. The number of anilines is 1. The van der Waals surface area contributed by atoms with Gasteiger partial charge in [-0.05, 0) is 25.8 Å². The molecule has 1 aromatic heterocycles. The lowest BCUT2D eigenvalue weighted by molar-refractivity contribution is -0.190. The summed E-state index contributed by atoms with van der Waals surface area (Å²) in [5, 5.41) is 9.65. The number of carboxylic acids is 1. The fraction of sp³-hybridized carbons (Fsp3) is 0.344. The molecule has 0 atom stereocenters. The topological polar surface area (TPSA) is 111 Å². The molecule has 9 nitrogen and oxygen atoms in total. The first-order valence-corrected chi connectivity index (χ1v) is 15.4. The van der Waals surface area contributed by atoms with Crippen LogP contribution in [0.2, 0.25) is 0 Å². The average molecular weight is 677 g/mol. The van der Waals surface area contributed by atoms with Crippen molar-refractivity contribution in [3.05, 3.63) is 76.8 Å². The van der Waals surface area contributed by atoms with Crippen LogP contribution in [0, 0.1) is 6.92 Å². The zero-order valence-corrected chi connectivity index (χ0v) is 25.8. The van der Waals surface area contributed by atoms with Gasteiger partial charge in [-0.15, -0.1) is 11.3 Å². The molecule has 0 spiro atoms. The van der Waals surface area contributed by atoms with Crippen LogP contribution in [0.1, 0.15) is 40.2 Å². The van der Waals surface area contributed by atoms with Crippen LogP contribution >= 0.6 is 11.3 Å². The van der Waals surface area contributed by atoms with Crippen LogP contribution in [-0.4, -0.2) is 87.9 Å². The first-order chi connectivity index (χ1) is 22.2. The predicted molar refractivity (Wildman–Crippen MR) is 163 cm³/mol. The Morgan fingerprint density at radius 3 is 2.30 bits per heavy atom. The van der Waals surface area contributed by atoms with Gasteiger partial charge in [-0.1, -0.05) is 48.5 Å². The number of aryl methyl sites for hydroxylation is 1. The van der Waals surface area contributed by atoms with Crippen LogP contribution in [-0.2, 0) is 14.4 Å². The largest absolute Gasteiger partial charge is 0.480 e. The molecule has 2 aliphatic rings. The number of rotatable bonds is 6. The number of hydrogen-bond acceptors (Lipinski definition) is 6. The van der Waals surface area contributed by atoms with Gasteiger partial charge < -0.3 is 19.8 Å². The lowest BCUT2D eigenvalue weighted by Crippen LogP contribution is -2.53. The Kier molecular flexibility index (Phi) is 9.48. The average Bonchev–Trinajstić information content (AvgIpc) is 3.39. The summed E-state index contributed by atoms with van der Waals surface area (Å²) in [7, 11) is 0. The van der Waals surface area contributed by atoms with Gasteiger partial charge in [0.25, 0.3) is 11.8 Å². The molecule has 3 heterocycles. The fourth-order valence-corrected chi connectivity index (χ4v) is 6.77. The first kappa shape index (κ1) is 33.7. The van der Waals surface area contributed by atoms with E-state index in [1.165, 1.54) is 28.0 Å². The molecule has 5 rings (SSSR count). The second-order valence-corrected chi connectivity index (χ2v) is 12.2. The number of piperidine rings is 1.